The molecule has 0 amide bonds. The Morgan fingerprint density at radius 2 is 1.83 bits per heavy atom. The minimum atomic E-state index is -2.09. The number of rotatable bonds is 3. The summed E-state index contributed by atoms with van der Waals surface area (Å²) in [6, 6.07) is 0.215. The molecule has 0 aliphatic heterocycles. The van der Waals surface area contributed by atoms with Gasteiger partial charge in [-0.2, -0.15) is 4.98 Å². The molecule has 0 saturated heterocycles. The summed E-state index contributed by atoms with van der Waals surface area (Å²) in [7, 11) is 0. The van der Waals surface area contributed by atoms with Gasteiger partial charge in [0.25, 0.3) is 0 Å². The Kier molecular flexibility index (Phi) is 4.39. The van der Waals surface area contributed by atoms with Gasteiger partial charge in [0, 0.05) is 5.41 Å². The van der Waals surface area contributed by atoms with E-state index >= 15 is 0 Å². The fourth-order valence-corrected chi connectivity index (χ4v) is 1.55. The van der Waals surface area contributed by atoms with Gasteiger partial charge in [-0.25, -0.2) is 22.4 Å². The number of carbonyl (C=O) groups excluding carboxylic acids is 1. The molecular formula is C14H12F4N2O3. The molecule has 9 heteroatoms. The van der Waals surface area contributed by atoms with Crippen LogP contribution >= 0.6 is 0 Å². The molecule has 0 bridgehead atoms. The highest BCUT2D eigenvalue weighted by Gasteiger charge is 2.25. The van der Waals surface area contributed by atoms with Crippen molar-refractivity contribution in [3.63, 3.8) is 0 Å². The lowest BCUT2D eigenvalue weighted by Gasteiger charge is -2.10. The molecule has 1 aromatic carbocycles. The van der Waals surface area contributed by atoms with Crippen LogP contribution in [-0.4, -0.2) is 16.1 Å². The van der Waals surface area contributed by atoms with Gasteiger partial charge in [-0.3, -0.25) is 0 Å². The minimum absolute atomic E-state index is 0.00765. The largest absolute Gasteiger partial charge is 0.454 e. The van der Waals surface area contributed by atoms with Crippen molar-refractivity contribution in [2.24, 2.45) is 0 Å². The summed E-state index contributed by atoms with van der Waals surface area (Å²) in [5, 5.41) is 3.55. The zero-order valence-corrected chi connectivity index (χ0v) is 12.4. The molecule has 0 N–H and O–H groups in total. The Hall–Kier alpha value is -2.45. The van der Waals surface area contributed by atoms with E-state index in [2.05, 4.69) is 14.9 Å². The van der Waals surface area contributed by atoms with E-state index in [0.717, 1.165) is 0 Å². The monoisotopic (exact) mass is 332 g/mol. The van der Waals surface area contributed by atoms with Crippen molar-refractivity contribution in [2.75, 3.05) is 0 Å². The molecular weight excluding hydrogens is 320 g/mol. The second-order valence-corrected chi connectivity index (χ2v) is 5.69. The third-order valence-electron chi connectivity index (χ3n) is 2.76. The van der Waals surface area contributed by atoms with Crippen LogP contribution in [0.4, 0.5) is 17.6 Å². The van der Waals surface area contributed by atoms with E-state index in [9.17, 15) is 22.4 Å². The number of aromatic nitrogens is 2. The number of carbonyl (C=O) groups is 1. The number of benzene rings is 1. The summed E-state index contributed by atoms with van der Waals surface area (Å²) < 4.78 is 62.0. The van der Waals surface area contributed by atoms with Crippen molar-refractivity contribution in [1.82, 2.24) is 10.1 Å². The lowest BCUT2D eigenvalue weighted by Crippen LogP contribution is -2.13. The van der Waals surface area contributed by atoms with E-state index in [4.69, 9.17) is 4.52 Å². The molecule has 5 nitrogen and oxygen atoms in total. The Bertz CT molecular complexity index is 753. The molecule has 2 aromatic rings. The fourth-order valence-electron chi connectivity index (χ4n) is 1.55. The van der Waals surface area contributed by atoms with Crippen molar-refractivity contribution in [3.8, 4) is 0 Å². The number of halogens is 4. The second kappa shape index (κ2) is 5.98. The first kappa shape index (κ1) is 16.9. The molecule has 0 saturated carbocycles. The highest BCUT2D eigenvalue weighted by atomic mass is 19.2. The molecule has 124 valence electrons. The predicted molar refractivity (Wildman–Crippen MR) is 68.4 cm³/mol. The van der Waals surface area contributed by atoms with Crippen LogP contribution in [0.25, 0.3) is 0 Å². The van der Waals surface area contributed by atoms with Crippen LogP contribution < -0.4 is 0 Å². The van der Waals surface area contributed by atoms with Crippen molar-refractivity contribution >= 4 is 5.97 Å². The van der Waals surface area contributed by atoms with Crippen LogP contribution in [0.2, 0.25) is 0 Å². The normalized spacial score (nSPS) is 11.6. The Balaban J connectivity index is 2.13. The number of esters is 1. The van der Waals surface area contributed by atoms with Crippen LogP contribution in [0.3, 0.4) is 0 Å². The van der Waals surface area contributed by atoms with Crippen LogP contribution in [0.15, 0.2) is 10.6 Å². The molecule has 2 rings (SSSR count). The Morgan fingerprint density at radius 1 is 1.17 bits per heavy atom. The van der Waals surface area contributed by atoms with E-state index in [1.807, 2.05) is 20.8 Å². The Morgan fingerprint density at radius 3 is 2.39 bits per heavy atom. The maximum absolute atomic E-state index is 13.4. The number of ether oxygens (including phenoxy) is 1. The average molecular weight is 332 g/mol. The number of nitrogens with zero attached hydrogens (tertiary/aromatic N) is 2. The smallest absolute Gasteiger partial charge is 0.341 e. The lowest BCUT2D eigenvalue weighted by atomic mass is 9.97. The highest BCUT2D eigenvalue weighted by Crippen LogP contribution is 2.21. The van der Waals surface area contributed by atoms with Gasteiger partial charge < -0.3 is 9.26 Å². The maximum atomic E-state index is 13.4. The van der Waals surface area contributed by atoms with Crippen LogP contribution in [-0.2, 0) is 16.8 Å². The number of hydrogen-bond acceptors (Lipinski definition) is 5. The first-order chi connectivity index (χ1) is 10.6. The van der Waals surface area contributed by atoms with Gasteiger partial charge in [-0.1, -0.05) is 25.9 Å². The first-order valence-electron chi connectivity index (χ1n) is 6.44. The summed E-state index contributed by atoms with van der Waals surface area (Å²) in [5.74, 6) is -8.75. The standard InChI is InChI=1S/C14H12F4N2O3/c1-14(2,3)13-19-8(20-23-13)5-22-12(21)6-4-7(15)10(17)11(18)9(6)16/h4H,5H2,1-3H3. The molecule has 0 unspecified atom stereocenters. The predicted octanol–water partition coefficient (Wildman–Crippen LogP) is 3.28. The summed E-state index contributed by atoms with van der Waals surface area (Å²) in [6.07, 6.45) is 0. The van der Waals surface area contributed by atoms with E-state index in [0.29, 0.717) is 0 Å². The molecule has 23 heavy (non-hydrogen) atoms. The molecule has 1 heterocycles. The van der Waals surface area contributed by atoms with E-state index < -0.39 is 46.8 Å². The van der Waals surface area contributed by atoms with E-state index in [1.165, 1.54) is 0 Å². The van der Waals surface area contributed by atoms with E-state index in [-0.39, 0.29) is 17.8 Å². The van der Waals surface area contributed by atoms with E-state index in [1.54, 1.807) is 0 Å². The summed E-state index contributed by atoms with van der Waals surface area (Å²) >= 11 is 0. The zero-order chi connectivity index (χ0) is 17.4. The topological polar surface area (TPSA) is 65.2 Å². The van der Waals surface area contributed by atoms with Gasteiger partial charge in [-0.15, -0.1) is 0 Å². The fraction of sp³-hybridized carbons (Fsp3) is 0.357. The zero-order valence-electron chi connectivity index (χ0n) is 12.4. The third-order valence-corrected chi connectivity index (χ3v) is 2.76. The van der Waals surface area contributed by atoms with Gasteiger partial charge in [-0.05, 0) is 6.07 Å². The van der Waals surface area contributed by atoms with Crippen molar-refractivity contribution in [3.05, 3.63) is 46.6 Å². The molecule has 0 fully saturated rings. The molecule has 1 aromatic heterocycles. The average Bonchev–Trinajstić information content (AvgIpc) is 2.95. The van der Waals surface area contributed by atoms with Crippen LogP contribution in [0.5, 0.6) is 0 Å². The Labute approximate surface area is 128 Å². The maximum Gasteiger partial charge on any atom is 0.341 e. The summed E-state index contributed by atoms with van der Waals surface area (Å²) in [5.41, 5.74) is -1.49. The van der Waals surface area contributed by atoms with Gasteiger partial charge in [0.2, 0.25) is 11.7 Å². The van der Waals surface area contributed by atoms with Crippen molar-refractivity contribution in [2.45, 2.75) is 32.8 Å². The quantitative estimate of drug-likeness (QED) is 0.373. The van der Waals surface area contributed by atoms with Crippen molar-refractivity contribution in [1.29, 1.82) is 0 Å². The van der Waals surface area contributed by atoms with Gasteiger partial charge in [0.1, 0.15) is 5.56 Å². The summed E-state index contributed by atoms with van der Waals surface area (Å²) in [6.45, 7) is 4.94. The minimum Gasteiger partial charge on any atom is -0.454 e. The van der Waals surface area contributed by atoms with Crippen molar-refractivity contribution < 1.29 is 31.6 Å². The highest BCUT2D eigenvalue weighted by molar-refractivity contribution is 5.89. The summed E-state index contributed by atoms with van der Waals surface area (Å²) in [4.78, 5) is 15.6. The molecule has 0 spiro atoms. The van der Waals surface area contributed by atoms with Gasteiger partial charge in [0.15, 0.2) is 29.9 Å². The molecule has 0 atom stereocenters. The van der Waals surface area contributed by atoms with Crippen LogP contribution in [0.1, 0.15) is 42.8 Å². The molecule has 0 aliphatic carbocycles. The first-order valence-corrected chi connectivity index (χ1v) is 6.44. The van der Waals surface area contributed by atoms with Crippen LogP contribution in [0, 0.1) is 23.3 Å². The lowest BCUT2D eigenvalue weighted by molar-refractivity contribution is 0.0452. The second-order valence-electron chi connectivity index (χ2n) is 5.69. The van der Waals surface area contributed by atoms with Gasteiger partial charge in [0.05, 0.1) is 0 Å². The molecule has 0 radical (unpaired) electrons. The number of hydrogen-bond donors (Lipinski definition) is 0. The molecule has 0 aliphatic rings. The SMILES string of the molecule is CC(C)(C)c1nc(COC(=O)c2cc(F)c(F)c(F)c2F)no1. The third kappa shape index (κ3) is 3.49. The van der Waals surface area contributed by atoms with Gasteiger partial charge >= 0.3 is 5.97 Å².